The number of aromatic nitrogens is 4. The maximum Gasteiger partial charge on any atom is 0.229 e. The molecule has 7 heteroatoms. The van der Waals surface area contributed by atoms with Crippen molar-refractivity contribution in [2.75, 3.05) is 43.4 Å². The van der Waals surface area contributed by atoms with Crippen molar-refractivity contribution in [3.05, 3.63) is 42.7 Å². The summed E-state index contributed by atoms with van der Waals surface area (Å²) in [5.41, 5.74) is 2.26. The van der Waals surface area contributed by atoms with E-state index in [0.717, 1.165) is 31.9 Å². The summed E-state index contributed by atoms with van der Waals surface area (Å²) < 4.78 is 0. The smallest absolute Gasteiger partial charge is 0.229 e. The topological polar surface area (TPSA) is 70.1 Å². The fourth-order valence-corrected chi connectivity index (χ4v) is 2.75. The van der Waals surface area contributed by atoms with E-state index in [-0.39, 0.29) is 0 Å². The van der Waals surface area contributed by atoms with Gasteiger partial charge in [-0.25, -0.2) is 9.97 Å². The number of rotatable bonds is 3. The molecule has 1 aliphatic rings. The molecule has 1 aliphatic heterocycles. The summed E-state index contributed by atoms with van der Waals surface area (Å²) in [5, 5.41) is 3.34. The van der Waals surface area contributed by atoms with Crippen molar-refractivity contribution < 1.29 is 0 Å². The van der Waals surface area contributed by atoms with Crippen LogP contribution in [0.1, 0.15) is 0 Å². The number of anilines is 3. The number of hydrogen-bond donors (Lipinski definition) is 1. The van der Waals surface area contributed by atoms with Gasteiger partial charge >= 0.3 is 0 Å². The average Bonchev–Trinajstić information content (AvgIpc) is 2.63. The number of hydrogen-bond acceptors (Lipinski definition) is 7. The third-order valence-corrected chi connectivity index (χ3v) is 4.14. The number of fused-ring (bicyclic) bond motifs is 1. The van der Waals surface area contributed by atoms with E-state index < -0.39 is 0 Å². The van der Waals surface area contributed by atoms with E-state index in [4.69, 9.17) is 4.98 Å². The zero-order chi connectivity index (χ0) is 16.4. The molecule has 0 atom stereocenters. The molecule has 122 valence electrons. The lowest BCUT2D eigenvalue weighted by atomic mass is 10.3. The summed E-state index contributed by atoms with van der Waals surface area (Å²) >= 11 is 0. The van der Waals surface area contributed by atoms with Crippen LogP contribution in [0.4, 0.5) is 17.5 Å². The van der Waals surface area contributed by atoms with Crippen LogP contribution in [0.3, 0.4) is 0 Å². The Morgan fingerprint density at radius 1 is 0.917 bits per heavy atom. The van der Waals surface area contributed by atoms with Gasteiger partial charge in [-0.2, -0.15) is 9.97 Å². The van der Waals surface area contributed by atoms with Gasteiger partial charge in [-0.15, -0.1) is 0 Å². The Hall–Kier alpha value is -2.80. The lowest BCUT2D eigenvalue weighted by Gasteiger charge is -2.32. The van der Waals surface area contributed by atoms with Crippen LogP contribution in [-0.2, 0) is 0 Å². The zero-order valence-electron chi connectivity index (χ0n) is 13.6. The second-order valence-electron chi connectivity index (χ2n) is 5.88. The quantitative estimate of drug-likeness (QED) is 0.790. The fourth-order valence-electron chi connectivity index (χ4n) is 2.75. The minimum absolute atomic E-state index is 0.611. The van der Waals surface area contributed by atoms with Gasteiger partial charge in [0.1, 0.15) is 0 Å². The van der Waals surface area contributed by atoms with Crippen LogP contribution >= 0.6 is 0 Å². The number of likely N-dealkylation sites (N-methyl/N-ethyl adjacent to an activating group) is 1. The highest BCUT2D eigenvalue weighted by Gasteiger charge is 2.19. The first-order valence-corrected chi connectivity index (χ1v) is 8.04. The SMILES string of the molecule is CN1CCN(c2nc(Nc3ccccc3)c3nccnc3n2)CC1. The average molecular weight is 321 g/mol. The second-order valence-corrected chi connectivity index (χ2v) is 5.88. The predicted octanol–water partition coefficient (Wildman–Crippen LogP) is 1.92. The molecule has 1 aromatic carbocycles. The Morgan fingerprint density at radius 2 is 1.67 bits per heavy atom. The molecule has 0 aliphatic carbocycles. The maximum atomic E-state index is 4.73. The van der Waals surface area contributed by atoms with Crippen molar-refractivity contribution in [1.29, 1.82) is 0 Å². The van der Waals surface area contributed by atoms with E-state index in [0.29, 0.717) is 22.9 Å². The van der Waals surface area contributed by atoms with E-state index >= 15 is 0 Å². The van der Waals surface area contributed by atoms with Crippen LogP contribution in [0.2, 0.25) is 0 Å². The first-order chi connectivity index (χ1) is 11.8. The van der Waals surface area contributed by atoms with E-state index in [1.807, 2.05) is 30.3 Å². The van der Waals surface area contributed by atoms with Gasteiger partial charge in [0.2, 0.25) is 5.95 Å². The van der Waals surface area contributed by atoms with Crippen molar-refractivity contribution in [3.63, 3.8) is 0 Å². The van der Waals surface area contributed by atoms with E-state index in [1.165, 1.54) is 0 Å². The van der Waals surface area contributed by atoms with Crippen molar-refractivity contribution in [3.8, 4) is 0 Å². The molecule has 0 amide bonds. The number of para-hydroxylation sites is 1. The lowest BCUT2D eigenvalue weighted by Crippen LogP contribution is -2.45. The van der Waals surface area contributed by atoms with Crippen LogP contribution in [-0.4, -0.2) is 58.1 Å². The summed E-state index contributed by atoms with van der Waals surface area (Å²) in [5.74, 6) is 1.39. The molecular formula is C17H19N7. The molecule has 1 N–H and O–H groups in total. The van der Waals surface area contributed by atoms with Crippen LogP contribution < -0.4 is 10.2 Å². The van der Waals surface area contributed by atoms with Gasteiger partial charge in [-0.05, 0) is 19.2 Å². The molecule has 3 heterocycles. The van der Waals surface area contributed by atoms with Crippen molar-refractivity contribution >= 4 is 28.6 Å². The van der Waals surface area contributed by atoms with E-state index in [1.54, 1.807) is 12.4 Å². The second kappa shape index (κ2) is 6.37. The molecule has 2 aromatic heterocycles. The van der Waals surface area contributed by atoms with Gasteiger partial charge in [0.15, 0.2) is 17.0 Å². The van der Waals surface area contributed by atoms with Crippen molar-refractivity contribution in [1.82, 2.24) is 24.8 Å². The van der Waals surface area contributed by atoms with Gasteiger partial charge in [-0.3, -0.25) is 0 Å². The summed E-state index contributed by atoms with van der Waals surface area (Å²) in [4.78, 5) is 22.6. The Labute approximate surface area is 140 Å². The monoisotopic (exact) mass is 321 g/mol. The molecular weight excluding hydrogens is 302 g/mol. The Morgan fingerprint density at radius 3 is 2.46 bits per heavy atom. The molecule has 1 saturated heterocycles. The minimum atomic E-state index is 0.611. The van der Waals surface area contributed by atoms with Crippen molar-refractivity contribution in [2.45, 2.75) is 0 Å². The molecule has 24 heavy (non-hydrogen) atoms. The Bertz CT molecular complexity index is 829. The molecule has 0 unspecified atom stereocenters. The molecule has 0 spiro atoms. The fraction of sp³-hybridized carbons (Fsp3) is 0.294. The third kappa shape index (κ3) is 2.98. The summed E-state index contributed by atoms with van der Waals surface area (Å²) in [7, 11) is 2.13. The number of benzene rings is 1. The molecule has 0 saturated carbocycles. The number of nitrogens with one attached hydrogen (secondary N) is 1. The summed E-state index contributed by atoms with van der Waals surface area (Å²) in [6.45, 7) is 3.83. The van der Waals surface area contributed by atoms with E-state index in [2.05, 4.69) is 37.1 Å². The van der Waals surface area contributed by atoms with Gasteiger partial charge in [-0.1, -0.05) is 18.2 Å². The Balaban J connectivity index is 1.73. The minimum Gasteiger partial charge on any atom is -0.338 e. The molecule has 0 bridgehead atoms. The van der Waals surface area contributed by atoms with Crippen LogP contribution in [0.25, 0.3) is 11.2 Å². The first-order valence-electron chi connectivity index (χ1n) is 8.04. The van der Waals surface area contributed by atoms with Crippen LogP contribution in [0.15, 0.2) is 42.7 Å². The summed E-state index contributed by atoms with van der Waals surface area (Å²) in [6.07, 6.45) is 3.33. The number of nitrogens with zero attached hydrogens (tertiary/aromatic N) is 6. The third-order valence-electron chi connectivity index (χ3n) is 4.14. The van der Waals surface area contributed by atoms with Crippen LogP contribution in [0.5, 0.6) is 0 Å². The van der Waals surface area contributed by atoms with E-state index in [9.17, 15) is 0 Å². The highest BCUT2D eigenvalue weighted by molar-refractivity contribution is 5.85. The Kier molecular flexibility index (Phi) is 3.92. The first kappa shape index (κ1) is 14.8. The van der Waals surface area contributed by atoms with Gasteiger partial charge in [0.25, 0.3) is 0 Å². The largest absolute Gasteiger partial charge is 0.338 e. The molecule has 3 aromatic rings. The normalized spacial score (nSPS) is 15.6. The zero-order valence-corrected chi connectivity index (χ0v) is 13.6. The lowest BCUT2D eigenvalue weighted by molar-refractivity contribution is 0.311. The highest BCUT2D eigenvalue weighted by atomic mass is 15.3. The molecule has 7 nitrogen and oxygen atoms in total. The van der Waals surface area contributed by atoms with Gasteiger partial charge < -0.3 is 15.1 Å². The van der Waals surface area contributed by atoms with Gasteiger partial charge in [0, 0.05) is 44.3 Å². The summed E-state index contributed by atoms with van der Waals surface area (Å²) in [6, 6.07) is 9.95. The molecule has 1 fully saturated rings. The predicted molar refractivity (Wildman–Crippen MR) is 94.6 cm³/mol. The van der Waals surface area contributed by atoms with Crippen molar-refractivity contribution in [2.24, 2.45) is 0 Å². The highest BCUT2D eigenvalue weighted by Crippen LogP contribution is 2.24. The van der Waals surface area contributed by atoms with Gasteiger partial charge in [0.05, 0.1) is 0 Å². The molecule has 0 radical (unpaired) electrons. The number of piperazine rings is 1. The maximum absolute atomic E-state index is 4.73. The van der Waals surface area contributed by atoms with Crippen LogP contribution in [0, 0.1) is 0 Å². The standard InChI is InChI=1S/C17H19N7/c1-23-9-11-24(12-10-23)17-21-15-14(18-7-8-19-15)16(22-17)20-13-5-3-2-4-6-13/h2-8H,9-12H2,1H3,(H,19,20,21,22). The molecule has 4 rings (SSSR count).